The minimum atomic E-state index is -1.00. The Labute approximate surface area is 88.3 Å². The van der Waals surface area contributed by atoms with Crippen molar-refractivity contribution in [1.82, 2.24) is 5.32 Å². The lowest BCUT2D eigenvalue weighted by Crippen LogP contribution is -2.38. The van der Waals surface area contributed by atoms with E-state index >= 15 is 0 Å². The zero-order chi connectivity index (χ0) is 11.4. The topological polar surface area (TPSA) is 92.4 Å². The number of hydrogen-bond acceptors (Lipinski definition) is 3. The number of carboxylic acid groups (broad SMARTS) is 1. The maximum atomic E-state index is 10.8. The van der Waals surface area contributed by atoms with Crippen molar-refractivity contribution >= 4 is 11.9 Å². The number of rotatable bonds is 3. The van der Waals surface area contributed by atoms with E-state index in [1.54, 1.807) is 0 Å². The number of amides is 1. The van der Waals surface area contributed by atoms with E-state index in [0.29, 0.717) is 12.8 Å². The quantitative estimate of drug-likeness (QED) is 0.575. The van der Waals surface area contributed by atoms with Crippen molar-refractivity contribution in [2.75, 3.05) is 0 Å². The molecule has 1 rings (SSSR count). The third-order valence-electron chi connectivity index (χ3n) is 2.52. The van der Waals surface area contributed by atoms with Gasteiger partial charge in [0.25, 0.3) is 0 Å². The fourth-order valence-corrected chi connectivity index (χ4v) is 1.71. The van der Waals surface area contributed by atoms with Gasteiger partial charge in [-0.25, -0.2) is 0 Å². The highest BCUT2D eigenvalue weighted by molar-refractivity contribution is 5.77. The standard InChI is InChI=1S/C10H16N2O3/c1-6(13)12-8-4-2-7(3-5-8)9(11)10(14)15/h2,8-9H,3-5,11H2,1H3,(H,12,13)(H,14,15). The Balaban J connectivity index is 2.51. The number of carbonyl (C=O) groups excluding carboxylic acids is 1. The molecule has 0 aliphatic heterocycles. The molecular weight excluding hydrogens is 196 g/mol. The Hall–Kier alpha value is -1.36. The highest BCUT2D eigenvalue weighted by Gasteiger charge is 2.22. The van der Waals surface area contributed by atoms with Crippen LogP contribution in [0.15, 0.2) is 11.6 Å². The van der Waals surface area contributed by atoms with Crippen LogP contribution in [0, 0.1) is 0 Å². The average molecular weight is 212 g/mol. The van der Waals surface area contributed by atoms with Gasteiger partial charge in [0.1, 0.15) is 6.04 Å². The molecule has 0 radical (unpaired) electrons. The van der Waals surface area contributed by atoms with Crippen molar-refractivity contribution in [3.05, 3.63) is 11.6 Å². The highest BCUT2D eigenvalue weighted by Crippen LogP contribution is 2.20. The van der Waals surface area contributed by atoms with E-state index in [1.807, 2.05) is 6.08 Å². The Kier molecular flexibility index (Phi) is 3.85. The molecule has 0 fully saturated rings. The molecule has 84 valence electrons. The molecule has 0 saturated carbocycles. The summed E-state index contributed by atoms with van der Waals surface area (Å²) in [6.07, 6.45) is 3.88. The molecule has 5 nitrogen and oxygen atoms in total. The summed E-state index contributed by atoms with van der Waals surface area (Å²) in [6, 6.07) is -0.782. The molecule has 1 aliphatic carbocycles. The Bertz CT molecular complexity index is 299. The fraction of sp³-hybridized carbons (Fsp3) is 0.600. The smallest absolute Gasteiger partial charge is 0.324 e. The number of aliphatic carboxylic acids is 1. The molecule has 1 aliphatic rings. The summed E-state index contributed by atoms with van der Waals surface area (Å²) in [5.41, 5.74) is 6.24. The molecule has 0 bridgehead atoms. The van der Waals surface area contributed by atoms with Crippen LogP contribution >= 0.6 is 0 Å². The molecule has 0 spiro atoms. The van der Waals surface area contributed by atoms with Crippen LogP contribution < -0.4 is 11.1 Å². The first kappa shape index (κ1) is 11.7. The van der Waals surface area contributed by atoms with Crippen LogP contribution in [0.1, 0.15) is 26.2 Å². The van der Waals surface area contributed by atoms with E-state index in [0.717, 1.165) is 12.0 Å². The van der Waals surface area contributed by atoms with Crippen LogP contribution in [-0.4, -0.2) is 29.1 Å². The minimum absolute atomic E-state index is 0.0561. The summed E-state index contributed by atoms with van der Waals surface area (Å²) in [7, 11) is 0. The summed E-state index contributed by atoms with van der Waals surface area (Å²) in [6.45, 7) is 1.47. The van der Waals surface area contributed by atoms with E-state index in [4.69, 9.17) is 10.8 Å². The molecule has 1 amide bonds. The molecular formula is C10H16N2O3. The van der Waals surface area contributed by atoms with Crippen molar-refractivity contribution in [1.29, 1.82) is 0 Å². The third kappa shape index (κ3) is 3.36. The molecule has 0 saturated heterocycles. The van der Waals surface area contributed by atoms with Gasteiger partial charge >= 0.3 is 5.97 Å². The van der Waals surface area contributed by atoms with Crippen LogP contribution in [0.2, 0.25) is 0 Å². The number of hydrogen-bond donors (Lipinski definition) is 3. The molecule has 0 aromatic rings. The zero-order valence-corrected chi connectivity index (χ0v) is 8.69. The second kappa shape index (κ2) is 4.93. The zero-order valence-electron chi connectivity index (χ0n) is 8.69. The van der Waals surface area contributed by atoms with Crippen molar-refractivity contribution in [3.8, 4) is 0 Å². The summed E-state index contributed by atoms with van der Waals surface area (Å²) in [4.78, 5) is 21.4. The first-order valence-corrected chi connectivity index (χ1v) is 4.95. The summed E-state index contributed by atoms with van der Waals surface area (Å²) < 4.78 is 0. The first-order valence-electron chi connectivity index (χ1n) is 4.95. The van der Waals surface area contributed by atoms with Gasteiger partial charge in [-0.3, -0.25) is 9.59 Å². The van der Waals surface area contributed by atoms with Crippen LogP contribution in [-0.2, 0) is 9.59 Å². The van der Waals surface area contributed by atoms with Crippen LogP contribution in [0.4, 0.5) is 0 Å². The van der Waals surface area contributed by atoms with E-state index in [9.17, 15) is 9.59 Å². The normalized spacial score (nSPS) is 22.8. The minimum Gasteiger partial charge on any atom is -0.480 e. The molecule has 5 heteroatoms. The Morgan fingerprint density at radius 1 is 1.67 bits per heavy atom. The Morgan fingerprint density at radius 2 is 2.33 bits per heavy atom. The second-order valence-corrected chi connectivity index (χ2v) is 3.77. The maximum absolute atomic E-state index is 10.8. The maximum Gasteiger partial charge on any atom is 0.324 e. The third-order valence-corrected chi connectivity index (χ3v) is 2.52. The van der Waals surface area contributed by atoms with Gasteiger partial charge < -0.3 is 16.2 Å². The predicted molar refractivity (Wildman–Crippen MR) is 55.1 cm³/mol. The second-order valence-electron chi connectivity index (χ2n) is 3.77. The van der Waals surface area contributed by atoms with Gasteiger partial charge in [0.15, 0.2) is 0 Å². The molecule has 2 atom stereocenters. The van der Waals surface area contributed by atoms with Gasteiger partial charge in [-0.1, -0.05) is 6.08 Å². The van der Waals surface area contributed by atoms with Gasteiger partial charge in [0.05, 0.1) is 0 Å². The fourth-order valence-electron chi connectivity index (χ4n) is 1.71. The SMILES string of the molecule is CC(=O)NC1CC=C(C(N)C(=O)O)CC1. The van der Waals surface area contributed by atoms with Crippen molar-refractivity contribution < 1.29 is 14.7 Å². The number of carboxylic acids is 1. The summed E-state index contributed by atoms with van der Waals surface area (Å²) in [5, 5.41) is 11.5. The lowest BCUT2D eigenvalue weighted by atomic mass is 9.91. The lowest BCUT2D eigenvalue weighted by molar-refractivity contribution is -0.137. The number of nitrogens with one attached hydrogen (secondary N) is 1. The van der Waals surface area contributed by atoms with Crippen molar-refractivity contribution in [2.45, 2.75) is 38.3 Å². The average Bonchev–Trinajstić information content (AvgIpc) is 2.17. The molecule has 0 aromatic heterocycles. The predicted octanol–water partition coefficient (Wildman–Crippen LogP) is 0.0133. The molecule has 4 N–H and O–H groups in total. The Morgan fingerprint density at radius 3 is 2.73 bits per heavy atom. The molecule has 0 aromatic carbocycles. The van der Waals surface area contributed by atoms with Gasteiger partial charge in [-0.2, -0.15) is 0 Å². The largest absolute Gasteiger partial charge is 0.480 e. The molecule has 2 unspecified atom stereocenters. The van der Waals surface area contributed by atoms with Crippen LogP contribution in [0.5, 0.6) is 0 Å². The number of carbonyl (C=O) groups is 2. The van der Waals surface area contributed by atoms with Gasteiger partial charge in [0.2, 0.25) is 5.91 Å². The van der Waals surface area contributed by atoms with Crippen molar-refractivity contribution in [2.24, 2.45) is 5.73 Å². The van der Waals surface area contributed by atoms with E-state index in [-0.39, 0.29) is 11.9 Å². The number of nitrogens with two attached hydrogens (primary N) is 1. The van der Waals surface area contributed by atoms with E-state index in [1.165, 1.54) is 6.92 Å². The lowest BCUT2D eigenvalue weighted by Gasteiger charge is -2.23. The summed E-state index contributed by atoms with van der Waals surface area (Å²) >= 11 is 0. The van der Waals surface area contributed by atoms with E-state index < -0.39 is 12.0 Å². The summed E-state index contributed by atoms with van der Waals surface area (Å²) in [5.74, 6) is -1.06. The van der Waals surface area contributed by atoms with E-state index in [2.05, 4.69) is 5.32 Å². The molecule has 15 heavy (non-hydrogen) atoms. The van der Waals surface area contributed by atoms with Crippen molar-refractivity contribution in [3.63, 3.8) is 0 Å². The van der Waals surface area contributed by atoms with Gasteiger partial charge in [-0.15, -0.1) is 0 Å². The van der Waals surface area contributed by atoms with Gasteiger partial charge in [0, 0.05) is 13.0 Å². The van der Waals surface area contributed by atoms with Crippen LogP contribution in [0.3, 0.4) is 0 Å². The molecule has 0 heterocycles. The highest BCUT2D eigenvalue weighted by atomic mass is 16.4. The van der Waals surface area contributed by atoms with Gasteiger partial charge in [-0.05, 0) is 24.8 Å². The first-order chi connectivity index (χ1) is 7.00. The monoisotopic (exact) mass is 212 g/mol. The van der Waals surface area contributed by atoms with Crippen LogP contribution in [0.25, 0.3) is 0 Å².